The van der Waals surface area contributed by atoms with Crippen LogP contribution in [-0.4, -0.2) is 63.0 Å². The molecule has 0 unspecified atom stereocenters. The summed E-state index contributed by atoms with van der Waals surface area (Å²) in [7, 11) is 2.12. The van der Waals surface area contributed by atoms with Gasteiger partial charge in [0.25, 0.3) is 0 Å². The zero-order valence-electron chi connectivity index (χ0n) is 18.4. The lowest BCUT2D eigenvalue weighted by molar-refractivity contribution is 0.311. The molecule has 0 spiro atoms. The SMILES string of the molecule is CCc1nc(Nc2nc(C)c(Cc3ccccc3Cl)c(Cl)n2)nc(N2CCN(C)CC2)n1. The molecule has 1 aliphatic heterocycles. The molecule has 32 heavy (non-hydrogen) atoms. The molecule has 10 heteroatoms. The van der Waals surface area contributed by atoms with E-state index in [4.69, 9.17) is 23.2 Å². The number of rotatable bonds is 6. The molecule has 1 saturated heterocycles. The van der Waals surface area contributed by atoms with Gasteiger partial charge in [0.2, 0.25) is 17.8 Å². The first-order chi connectivity index (χ1) is 15.4. The third kappa shape index (κ3) is 5.26. The Balaban J connectivity index is 1.57. The van der Waals surface area contributed by atoms with E-state index in [2.05, 4.69) is 47.1 Å². The summed E-state index contributed by atoms with van der Waals surface area (Å²) >= 11 is 12.8. The lowest BCUT2D eigenvalue weighted by Gasteiger charge is -2.32. The third-order valence-corrected chi connectivity index (χ3v) is 6.17. The van der Waals surface area contributed by atoms with Crippen LogP contribution < -0.4 is 10.2 Å². The normalized spacial score (nSPS) is 14.6. The Hall–Kier alpha value is -2.55. The molecule has 0 bridgehead atoms. The molecule has 0 atom stereocenters. The molecule has 0 radical (unpaired) electrons. The molecule has 3 aromatic rings. The van der Waals surface area contributed by atoms with Crippen molar-refractivity contribution in [1.82, 2.24) is 29.8 Å². The Morgan fingerprint density at radius 3 is 2.34 bits per heavy atom. The van der Waals surface area contributed by atoms with Crippen LogP contribution in [-0.2, 0) is 12.8 Å². The van der Waals surface area contributed by atoms with Crippen LogP contribution in [0.2, 0.25) is 10.2 Å². The fourth-order valence-corrected chi connectivity index (χ4v) is 4.01. The Morgan fingerprint density at radius 1 is 0.938 bits per heavy atom. The van der Waals surface area contributed by atoms with Crippen molar-refractivity contribution in [2.75, 3.05) is 43.4 Å². The van der Waals surface area contributed by atoms with Crippen LogP contribution in [0.25, 0.3) is 0 Å². The molecule has 0 amide bonds. The average Bonchev–Trinajstić information content (AvgIpc) is 2.77. The van der Waals surface area contributed by atoms with Gasteiger partial charge in [-0.25, -0.2) is 9.97 Å². The van der Waals surface area contributed by atoms with E-state index < -0.39 is 0 Å². The quantitative estimate of drug-likeness (QED) is 0.540. The first-order valence-corrected chi connectivity index (χ1v) is 11.4. The molecular formula is C22H26Cl2N8. The van der Waals surface area contributed by atoms with Crippen molar-refractivity contribution < 1.29 is 0 Å². The zero-order valence-corrected chi connectivity index (χ0v) is 20.0. The summed E-state index contributed by atoms with van der Waals surface area (Å²) in [5, 5.41) is 4.19. The van der Waals surface area contributed by atoms with E-state index in [0.29, 0.717) is 40.9 Å². The highest BCUT2D eigenvalue weighted by molar-refractivity contribution is 6.31. The molecule has 168 valence electrons. The highest BCUT2D eigenvalue weighted by atomic mass is 35.5. The van der Waals surface area contributed by atoms with Gasteiger partial charge < -0.3 is 9.80 Å². The summed E-state index contributed by atoms with van der Waals surface area (Å²) in [6.07, 6.45) is 1.26. The van der Waals surface area contributed by atoms with Crippen molar-refractivity contribution in [3.05, 3.63) is 57.1 Å². The fraction of sp³-hybridized carbons (Fsp3) is 0.409. The minimum absolute atomic E-state index is 0.355. The van der Waals surface area contributed by atoms with Crippen molar-refractivity contribution >= 4 is 41.0 Å². The van der Waals surface area contributed by atoms with Crippen molar-refractivity contribution in [1.29, 1.82) is 0 Å². The van der Waals surface area contributed by atoms with Crippen LogP contribution in [0.3, 0.4) is 0 Å². The number of hydrogen-bond acceptors (Lipinski definition) is 8. The van der Waals surface area contributed by atoms with Gasteiger partial charge in [0.05, 0.1) is 0 Å². The number of nitrogens with zero attached hydrogens (tertiary/aromatic N) is 7. The van der Waals surface area contributed by atoms with E-state index in [1.807, 2.05) is 38.1 Å². The van der Waals surface area contributed by atoms with Gasteiger partial charge in [0, 0.05) is 55.3 Å². The van der Waals surface area contributed by atoms with E-state index in [1.165, 1.54) is 0 Å². The summed E-state index contributed by atoms with van der Waals surface area (Å²) in [6, 6.07) is 7.69. The highest BCUT2D eigenvalue weighted by Gasteiger charge is 2.19. The number of nitrogens with one attached hydrogen (secondary N) is 1. The van der Waals surface area contributed by atoms with Crippen molar-refractivity contribution in [2.45, 2.75) is 26.7 Å². The largest absolute Gasteiger partial charge is 0.338 e. The first-order valence-electron chi connectivity index (χ1n) is 10.6. The smallest absolute Gasteiger partial charge is 0.234 e. The minimum Gasteiger partial charge on any atom is -0.338 e. The second-order valence-corrected chi connectivity index (χ2v) is 8.58. The fourth-order valence-electron chi connectivity index (χ4n) is 3.52. The predicted molar refractivity (Wildman–Crippen MR) is 128 cm³/mol. The maximum absolute atomic E-state index is 6.53. The van der Waals surface area contributed by atoms with Gasteiger partial charge in [-0.05, 0) is 25.6 Å². The molecule has 0 saturated carbocycles. The number of anilines is 3. The number of aryl methyl sites for hydroxylation is 2. The minimum atomic E-state index is 0.355. The highest BCUT2D eigenvalue weighted by Crippen LogP contribution is 2.26. The van der Waals surface area contributed by atoms with Gasteiger partial charge in [-0.2, -0.15) is 15.0 Å². The van der Waals surface area contributed by atoms with Gasteiger partial charge in [-0.3, -0.25) is 5.32 Å². The number of halogens is 2. The van der Waals surface area contributed by atoms with Gasteiger partial charge in [0.15, 0.2) is 0 Å². The van der Waals surface area contributed by atoms with E-state index >= 15 is 0 Å². The van der Waals surface area contributed by atoms with Crippen LogP contribution in [0.5, 0.6) is 0 Å². The molecule has 8 nitrogen and oxygen atoms in total. The maximum Gasteiger partial charge on any atom is 0.234 e. The monoisotopic (exact) mass is 472 g/mol. The van der Waals surface area contributed by atoms with Gasteiger partial charge in [-0.15, -0.1) is 0 Å². The molecule has 1 fully saturated rings. The Morgan fingerprint density at radius 2 is 1.66 bits per heavy atom. The lowest BCUT2D eigenvalue weighted by Crippen LogP contribution is -2.45. The molecule has 1 aromatic carbocycles. The molecule has 2 aromatic heterocycles. The number of piperazine rings is 1. The summed E-state index contributed by atoms with van der Waals surface area (Å²) in [5.74, 6) is 2.16. The Kier molecular flexibility index (Phi) is 7.03. The summed E-state index contributed by atoms with van der Waals surface area (Å²) in [5.41, 5.74) is 2.59. The molecule has 1 aliphatic rings. The number of hydrogen-bond donors (Lipinski definition) is 1. The first kappa shape index (κ1) is 22.6. The molecule has 0 aliphatic carbocycles. The van der Waals surface area contributed by atoms with Crippen molar-refractivity contribution in [3.63, 3.8) is 0 Å². The van der Waals surface area contributed by atoms with Crippen LogP contribution in [0.4, 0.5) is 17.8 Å². The second-order valence-electron chi connectivity index (χ2n) is 7.81. The zero-order chi connectivity index (χ0) is 22.7. The Bertz CT molecular complexity index is 1080. The van der Waals surface area contributed by atoms with Gasteiger partial charge >= 0.3 is 0 Å². The molecular weight excluding hydrogens is 447 g/mol. The predicted octanol–water partition coefficient (Wildman–Crippen LogP) is 3.93. The summed E-state index contributed by atoms with van der Waals surface area (Å²) < 4.78 is 0. The summed E-state index contributed by atoms with van der Waals surface area (Å²) in [4.78, 5) is 27.2. The molecule has 4 rings (SSSR count). The molecule has 3 heterocycles. The van der Waals surface area contributed by atoms with Gasteiger partial charge in [0.1, 0.15) is 11.0 Å². The van der Waals surface area contributed by atoms with Crippen molar-refractivity contribution in [3.8, 4) is 0 Å². The third-order valence-electron chi connectivity index (χ3n) is 5.48. The van der Waals surface area contributed by atoms with Crippen LogP contribution in [0.15, 0.2) is 24.3 Å². The summed E-state index contributed by atoms with van der Waals surface area (Å²) in [6.45, 7) is 7.63. The van der Waals surface area contributed by atoms with Crippen LogP contribution >= 0.6 is 23.2 Å². The van der Waals surface area contributed by atoms with E-state index in [1.54, 1.807) is 0 Å². The average molecular weight is 473 g/mol. The van der Waals surface area contributed by atoms with E-state index in [9.17, 15) is 0 Å². The maximum atomic E-state index is 6.53. The van der Waals surface area contributed by atoms with E-state index in [-0.39, 0.29) is 0 Å². The van der Waals surface area contributed by atoms with Crippen molar-refractivity contribution in [2.24, 2.45) is 0 Å². The number of aromatic nitrogens is 5. The van der Waals surface area contributed by atoms with E-state index in [0.717, 1.165) is 48.8 Å². The second kappa shape index (κ2) is 9.94. The van der Waals surface area contributed by atoms with Crippen LogP contribution in [0, 0.1) is 6.92 Å². The Labute approximate surface area is 198 Å². The number of benzene rings is 1. The lowest BCUT2D eigenvalue weighted by atomic mass is 10.1. The standard InChI is InChI=1S/C22H26Cl2N8/c1-4-18-26-21(30-22(27-18)32-11-9-31(3)10-12-32)29-20-25-14(2)16(19(24)28-20)13-15-7-5-6-8-17(15)23/h5-8H,4,9-13H2,1-3H3,(H,25,26,27,28,29,30). The van der Waals surface area contributed by atoms with Crippen LogP contribution in [0.1, 0.15) is 29.6 Å². The molecule has 1 N–H and O–H groups in total. The topological polar surface area (TPSA) is 83.0 Å². The van der Waals surface area contributed by atoms with Gasteiger partial charge in [-0.1, -0.05) is 48.3 Å². The number of likely N-dealkylation sites (N-methyl/N-ethyl adjacent to an activating group) is 1.